The third-order valence-electron chi connectivity index (χ3n) is 6.45. The number of anilines is 1. The van der Waals surface area contributed by atoms with E-state index in [9.17, 15) is 13.2 Å². The summed E-state index contributed by atoms with van der Waals surface area (Å²) in [7, 11) is 3.08. The zero-order valence-electron chi connectivity index (χ0n) is 22.0. The van der Waals surface area contributed by atoms with Crippen LogP contribution >= 0.6 is 0 Å². The van der Waals surface area contributed by atoms with Crippen LogP contribution in [0.4, 0.5) is 19.0 Å². The maximum atomic E-state index is 13.3. The Labute approximate surface area is 223 Å². The molecule has 1 aliphatic carbocycles. The number of halogens is 3. The second-order valence-corrected chi connectivity index (χ2v) is 9.53. The highest BCUT2D eigenvalue weighted by Crippen LogP contribution is 2.45. The molecule has 0 radical (unpaired) electrons. The molecule has 1 aromatic carbocycles. The molecule has 0 spiro atoms. The van der Waals surface area contributed by atoms with E-state index in [4.69, 9.17) is 14.5 Å². The molecule has 39 heavy (non-hydrogen) atoms. The molecule has 1 aliphatic rings. The predicted octanol–water partition coefficient (Wildman–Crippen LogP) is 5.90. The van der Waals surface area contributed by atoms with Crippen LogP contribution in [-0.4, -0.2) is 43.7 Å². The quantitative estimate of drug-likeness (QED) is 0.281. The second kappa shape index (κ2) is 10.5. The smallest absolute Gasteiger partial charge is 0.434 e. The predicted molar refractivity (Wildman–Crippen MR) is 139 cm³/mol. The van der Waals surface area contributed by atoms with Gasteiger partial charge in [-0.15, -0.1) is 0 Å². The fraction of sp³-hybridized carbons (Fsp3) is 0.370. The molecule has 9 nitrogen and oxygen atoms in total. The van der Waals surface area contributed by atoms with Crippen molar-refractivity contribution in [2.45, 2.75) is 51.4 Å². The molecule has 0 saturated heterocycles. The molecule has 0 bridgehead atoms. The number of methoxy groups -OCH3 is 2. The lowest BCUT2D eigenvalue weighted by molar-refractivity contribution is -0.140. The van der Waals surface area contributed by atoms with Gasteiger partial charge >= 0.3 is 6.18 Å². The van der Waals surface area contributed by atoms with Gasteiger partial charge in [0.1, 0.15) is 17.7 Å². The first kappa shape index (κ1) is 26.4. The summed E-state index contributed by atoms with van der Waals surface area (Å²) in [6.45, 7) is 4.02. The highest BCUT2D eigenvalue weighted by atomic mass is 19.4. The Balaban J connectivity index is 1.39. The molecule has 0 amide bonds. The van der Waals surface area contributed by atoms with Gasteiger partial charge in [0, 0.05) is 30.3 Å². The molecule has 1 fully saturated rings. The highest BCUT2D eigenvalue weighted by Gasteiger charge is 2.35. The molecule has 5 rings (SSSR count). The molecule has 0 unspecified atom stereocenters. The Bertz CT molecular complexity index is 1470. The zero-order chi connectivity index (χ0) is 27.7. The second-order valence-electron chi connectivity index (χ2n) is 9.53. The number of hydrogen-bond acceptors (Lipinski definition) is 8. The van der Waals surface area contributed by atoms with Crippen molar-refractivity contribution in [2.24, 2.45) is 0 Å². The van der Waals surface area contributed by atoms with Crippen molar-refractivity contribution in [1.82, 2.24) is 29.5 Å². The normalized spacial score (nSPS) is 13.5. The number of alkyl halides is 3. The molecule has 0 aliphatic heterocycles. The van der Waals surface area contributed by atoms with Crippen molar-refractivity contribution in [3.63, 3.8) is 0 Å². The van der Waals surface area contributed by atoms with Crippen LogP contribution < -0.4 is 14.8 Å². The molecule has 4 aromatic rings. The minimum atomic E-state index is -4.51. The third-order valence-corrected chi connectivity index (χ3v) is 6.45. The van der Waals surface area contributed by atoms with E-state index in [1.807, 2.05) is 26.0 Å². The van der Waals surface area contributed by atoms with E-state index in [0.29, 0.717) is 46.9 Å². The van der Waals surface area contributed by atoms with E-state index < -0.39 is 11.9 Å². The number of ether oxygens (including phenoxy) is 2. The van der Waals surface area contributed by atoms with Crippen LogP contribution in [0.25, 0.3) is 22.8 Å². The average Bonchev–Trinajstić information content (AvgIpc) is 3.67. The summed E-state index contributed by atoms with van der Waals surface area (Å²) in [6.07, 6.45) is 1.69. The standard InChI is InChI=1S/C27H28F3N7O2/c1-15(2)37-13-20(27(28,29)30)35-25(37)18-7-5-16(6-8-18)11-31-23-19(38-3)12-32-24(36-23)21-22(17-9-10-17)33-14-34-26(21)39-4/h5-8,12-15,17H,9-11H2,1-4H3,(H,31,32,36). The van der Waals surface area contributed by atoms with E-state index in [1.165, 1.54) is 18.0 Å². The number of aromatic nitrogens is 6. The van der Waals surface area contributed by atoms with Crippen LogP contribution in [0.15, 0.2) is 43.0 Å². The first-order valence-electron chi connectivity index (χ1n) is 12.5. The van der Waals surface area contributed by atoms with Crippen molar-refractivity contribution < 1.29 is 22.6 Å². The number of imidazole rings is 1. The van der Waals surface area contributed by atoms with Crippen LogP contribution in [0.3, 0.4) is 0 Å². The van der Waals surface area contributed by atoms with Gasteiger partial charge in [-0.3, -0.25) is 0 Å². The van der Waals surface area contributed by atoms with Gasteiger partial charge in [-0.1, -0.05) is 24.3 Å². The molecular formula is C27H28F3N7O2. The maximum absolute atomic E-state index is 13.3. The Hall–Kier alpha value is -4.22. The first-order valence-corrected chi connectivity index (χ1v) is 12.5. The maximum Gasteiger partial charge on any atom is 0.434 e. The van der Waals surface area contributed by atoms with E-state index in [1.54, 1.807) is 25.4 Å². The molecule has 12 heteroatoms. The van der Waals surface area contributed by atoms with Gasteiger partial charge in [-0.25, -0.2) is 24.9 Å². The van der Waals surface area contributed by atoms with Gasteiger partial charge in [0.25, 0.3) is 0 Å². The molecule has 3 heterocycles. The van der Waals surface area contributed by atoms with Crippen LogP contribution in [-0.2, 0) is 12.7 Å². The van der Waals surface area contributed by atoms with Crippen LogP contribution in [0.1, 0.15) is 55.6 Å². The molecule has 1 saturated carbocycles. The number of nitrogens with zero attached hydrogens (tertiary/aromatic N) is 6. The summed E-state index contributed by atoms with van der Waals surface area (Å²) in [4.78, 5) is 21.7. The minimum Gasteiger partial charge on any atom is -0.491 e. The SMILES string of the molecule is COc1cnc(-c2c(OC)ncnc2C2CC2)nc1NCc1ccc(-c2nc(C(F)(F)F)cn2C(C)C)cc1. The van der Waals surface area contributed by atoms with Gasteiger partial charge < -0.3 is 19.4 Å². The number of nitrogens with one attached hydrogen (secondary N) is 1. The highest BCUT2D eigenvalue weighted by molar-refractivity contribution is 5.68. The van der Waals surface area contributed by atoms with Crippen molar-refractivity contribution in [2.75, 3.05) is 19.5 Å². The van der Waals surface area contributed by atoms with Crippen LogP contribution in [0, 0.1) is 0 Å². The summed E-state index contributed by atoms with van der Waals surface area (Å²) >= 11 is 0. The van der Waals surface area contributed by atoms with E-state index in [2.05, 4.69) is 25.3 Å². The minimum absolute atomic E-state index is 0.182. The Morgan fingerprint density at radius 2 is 1.77 bits per heavy atom. The van der Waals surface area contributed by atoms with Gasteiger partial charge in [-0.05, 0) is 32.3 Å². The summed E-state index contributed by atoms with van der Waals surface area (Å²) in [5.41, 5.74) is 2.10. The number of rotatable bonds is 9. The van der Waals surface area contributed by atoms with Gasteiger partial charge in [0.15, 0.2) is 23.1 Å². The van der Waals surface area contributed by atoms with Crippen LogP contribution in [0.5, 0.6) is 11.6 Å². The molecule has 0 atom stereocenters. The third kappa shape index (κ3) is 5.50. The number of hydrogen-bond donors (Lipinski definition) is 1. The monoisotopic (exact) mass is 539 g/mol. The Kier molecular flexibility index (Phi) is 7.11. The first-order chi connectivity index (χ1) is 18.7. The lowest BCUT2D eigenvalue weighted by atomic mass is 10.1. The lowest BCUT2D eigenvalue weighted by Gasteiger charge is -2.14. The fourth-order valence-corrected chi connectivity index (χ4v) is 4.28. The van der Waals surface area contributed by atoms with Crippen molar-refractivity contribution >= 4 is 5.82 Å². The van der Waals surface area contributed by atoms with E-state index in [0.717, 1.165) is 30.3 Å². The molecule has 1 N–H and O–H groups in total. The summed E-state index contributed by atoms with van der Waals surface area (Å²) in [6, 6.07) is 7.01. The molecular weight excluding hydrogens is 511 g/mol. The molecule has 204 valence electrons. The van der Waals surface area contributed by atoms with Gasteiger partial charge in [0.05, 0.1) is 26.1 Å². The lowest BCUT2D eigenvalue weighted by Crippen LogP contribution is -2.07. The fourth-order valence-electron chi connectivity index (χ4n) is 4.28. The van der Waals surface area contributed by atoms with E-state index in [-0.39, 0.29) is 11.9 Å². The summed E-state index contributed by atoms with van der Waals surface area (Å²) in [5, 5.41) is 3.28. The van der Waals surface area contributed by atoms with Crippen LogP contribution in [0.2, 0.25) is 0 Å². The topological polar surface area (TPSA) is 99.9 Å². The average molecular weight is 540 g/mol. The van der Waals surface area contributed by atoms with Crippen molar-refractivity contribution in [3.8, 4) is 34.4 Å². The largest absolute Gasteiger partial charge is 0.491 e. The summed E-state index contributed by atoms with van der Waals surface area (Å²) in [5.74, 6) is 2.36. The Morgan fingerprint density at radius 1 is 1.03 bits per heavy atom. The molecule has 3 aromatic heterocycles. The summed E-state index contributed by atoms with van der Waals surface area (Å²) < 4.78 is 52.3. The number of benzene rings is 1. The van der Waals surface area contributed by atoms with Crippen molar-refractivity contribution in [3.05, 3.63) is 59.9 Å². The van der Waals surface area contributed by atoms with E-state index >= 15 is 0 Å². The van der Waals surface area contributed by atoms with Gasteiger partial charge in [-0.2, -0.15) is 13.2 Å². The van der Waals surface area contributed by atoms with Crippen molar-refractivity contribution in [1.29, 1.82) is 0 Å². The zero-order valence-corrected chi connectivity index (χ0v) is 22.0. The Morgan fingerprint density at radius 3 is 2.38 bits per heavy atom. The van der Waals surface area contributed by atoms with Gasteiger partial charge in [0.2, 0.25) is 5.88 Å².